The average Bonchev–Trinajstić information content (AvgIpc) is 2.12. The molecule has 4 heteroatoms. The van der Waals surface area contributed by atoms with Crippen LogP contribution in [0.5, 0.6) is 0 Å². The second-order valence-electron chi connectivity index (χ2n) is 4.11. The van der Waals surface area contributed by atoms with Crippen LogP contribution in [0.25, 0.3) is 0 Å². The van der Waals surface area contributed by atoms with E-state index in [9.17, 15) is 9.90 Å². The molecule has 14 heavy (non-hydrogen) atoms. The fraction of sp³-hybridized carbons (Fsp3) is 0.900. The summed E-state index contributed by atoms with van der Waals surface area (Å²) in [6.07, 6.45) is 4.41. The van der Waals surface area contributed by atoms with Crippen molar-refractivity contribution in [3.8, 4) is 0 Å². The lowest BCUT2D eigenvalue weighted by Gasteiger charge is -2.25. The number of hydrogen-bond acceptors (Lipinski definition) is 3. The number of carbonyl (C=O) groups excluding carboxylic acids is 1. The maximum atomic E-state index is 10.4. The molecule has 1 aliphatic rings. The lowest BCUT2D eigenvalue weighted by atomic mass is 9.87. The minimum Gasteiger partial charge on any atom is -0.393 e. The molecular formula is C10H20N2O2. The Hall–Kier alpha value is -0.610. The van der Waals surface area contributed by atoms with E-state index in [1.807, 2.05) is 0 Å². The Kier molecular flexibility index (Phi) is 4.90. The zero-order chi connectivity index (χ0) is 10.4. The van der Waals surface area contributed by atoms with Crippen LogP contribution >= 0.6 is 0 Å². The minimum atomic E-state index is -0.263. The molecule has 0 aromatic carbocycles. The number of carbonyl (C=O) groups is 1. The highest BCUT2D eigenvalue weighted by molar-refractivity contribution is 5.73. The number of aliphatic hydroxyl groups excluding tert-OH is 1. The number of nitrogens with two attached hydrogens (primary N) is 1. The van der Waals surface area contributed by atoms with Crippen LogP contribution in [-0.4, -0.2) is 30.2 Å². The summed E-state index contributed by atoms with van der Waals surface area (Å²) in [4.78, 5) is 10.4. The van der Waals surface area contributed by atoms with Gasteiger partial charge in [0.15, 0.2) is 0 Å². The van der Waals surface area contributed by atoms with Crippen LogP contribution in [-0.2, 0) is 4.79 Å². The van der Waals surface area contributed by atoms with E-state index >= 15 is 0 Å². The molecule has 0 radical (unpaired) electrons. The van der Waals surface area contributed by atoms with E-state index in [0.29, 0.717) is 18.9 Å². The Morgan fingerprint density at radius 3 is 2.93 bits per heavy atom. The highest BCUT2D eigenvalue weighted by Crippen LogP contribution is 2.23. The van der Waals surface area contributed by atoms with Gasteiger partial charge in [0, 0.05) is 13.0 Å². The van der Waals surface area contributed by atoms with Gasteiger partial charge in [0.25, 0.3) is 0 Å². The quantitative estimate of drug-likeness (QED) is 0.547. The fourth-order valence-electron chi connectivity index (χ4n) is 1.97. The van der Waals surface area contributed by atoms with Crippen LogP contribution in [0.15, 0.2) is 0 Å². The van der Waals surface area contributed by atoms with Crippen LogP contribution in [0.4, 0.5) is 0 Å². The van der Waals surface area contributed by atoms with Crippen molar-refractivity contribution in [1.82, 2.24) is 5.32 Å². The fourth-order valence-corrected chi connectivity index (χ4v) is 1.97. The van der Waals surface area contributed by atoms with E-state index in [1.54, 1.807) is 0 Å². The van der Waals surface area contributed by atoms with Crippen molar-refractivity contribution in [3.63, 3.8) is 0 Å². The zero-order valence-corrected chi connectivity index (χ0v) is 8.54. The predicted molar refractivity (Wildman–Crippen MR) is 54.6 cm³/mol. The third-order valence-electron chi connectivity index (χ3n) is 2.74. The molecular weight excluding hydrogens is 180 g/mol. The van der Waals surface area contributed by atoms with Crippen molar-refractivity contribution in [2.45, 2.75) is 38.2 Å². The topological polar surface area (TPSA) is 75.4 Å². The van der Waals surface area contributed by atoms with E-state index in [0.717, 1.165) is 25.8 Å². The Morgan fingerprint density at radius 1 is 1.50 bits per heavy atom. The molecule has 0 spiro atoms. The molecule has 0 aromatic heterocycles. The highest BCUT2D eigenvalue weighted by Gasteiger charge is 2.19. The molecule has 0 aromatic rings. The second kappa shape index (κ2) is 5.98. The maximum absolute atomic E-state index is 10.4. The van der Waals surface area contributed by atoms with Crippen molar-refractivity contribution < 1.29 is 9.90 Å². The summed E-state index contributed by atoms with van der Waals surface area (Å²) in [5, 5.41) is 12.6. The van der Waals surface area contributed by atoms with Gasteiger partial charge in [-0.2, -0.15) is 0 Å². The molecule has 2 unspecified atom stereocenters. The first kappa shape index (κ1) is 11.5. The number of hydrogen-bond donors (Lipinski definition) is 3. The second-order valence-corrected chi connectivity index (χ2v) is 4.11. The highest BCUT2D eigenvalue weighted by atomic mass is 16.3. The molecule has 0 heterocycles. The Balaban J connectivity index is 2.03. The van der Waals surface area contributed by atoms with Gasteiger partial charge >= 0.3 is 0 Å². The molecule has 4 N–H and O–H groups in total. The number of amides is 1. The van der Waals surface area contributed by atoms with Crippen LogP contribution in [0.2, 0.25) is 0 Å². The van der Waals surface area contributed by atoms with Gasteiger partial charge in [-0.25, -0.2) is 0 Å². The minimum absolute atomic E-state index is 0.119. The summed E-state index contributed by atoms with van der Waals surface area (Å²) in [5.41, 5.74) is 5.01. The molecule has 1 saturated carbocycles. The van der Waals surface area contributed by atoms with Gasteiger partial charge in [-0.3, -0.25) is 4.79 Å². The van der Waals surface area contributed by atoms with Crippen molar-refractivity contribution in [2.24, 2.45) is 11.7 Å². The lowest BCUT2D eigenvalue weighted by molar-refractivity contribution is -0.117. The summed E-state index contributed by atoms with van der Waals surface area (Å²) in [6.45, 7) is 1.55. The van der Waals surface area contributed by atoms with Gasteiger partial charge in [0.1, 0.15) is 0 Å². The third kappa shape index (κ3) is 4.58. The van der Waals surface area contributed by atoms with E-state index < -0.39 is 0 Å². The standard InChI is InChI=1S/C10H20N2O2/c11-10(14)4-5-12-7-8-2-1-3-9(13)6-8/h8-9,12-13H,1-7H2,(H2,11,14). The number of rotatable bonds is 5. The first-order valence-electron chi connectivity index (χ1n) is 5.35. The van der Waals surface area contributed by atoms with Crippen LogP contribution in [0, 0.1) is 5.92 Å². The molecule has 0 aliphatic heterocycles. The molecule has 2 atom stereocenters. The van der Waals surface area contributed by atoms with Gasteiger partial charge in [0.2, 0.25) is 5.91 Å². The molecule has 1 fully saturated rings. The Labute approximate surface area is 84.9 Å². The monoisotopic (exact) mass is 200 g/mol. The number of primary amides is 1. The molecule has 1 amide bonds. The molecule has 1 aliphatic carbocycles. The normalized spacial score (nSPS) is 27.5. The Bertz CT molecular complexity index is 185. The number of aliphatic hydroxyl groups is 1. The van der Waals surface area contributed by atoms with Gasteiger partial charge in [0.05, 0.1) is 6.10 Å². The predicted octanol–water partition coefficient (Wildman–Crippen LogP) is 0.00250. The molecule has 1 rings (SSSR count). The van der Waals surface area contributed by atoms with Crippen molar-refractivity contribution >= 4 is 5.91 Å². The van der Waals surface area contributed by atoms with Crippen molar-refractivity contribution in [3.05, 3.63) is 0 Å². The van der Waals surface area contributed by atoms with E-state index in [1.165, 1.54) is 6.42 Å². The van der Waals surface area contributed by atoms with Gasteiger partial charge in [-0.05, 0) is 31.7 Å². The zero-order valence-electron chi connectivity index (χ0n) is 8.54. The summed E-state index contributed by atoms with van der Waals surface area (Å²) in [7, 11) is 0. The summed E-state index contributed by atoms with van der Waals surface area (Å²) >= 11 is 0. The molecule has 0 bridgehead atoms. The van der Waals surface area contributed by atoms with E-state index in [4.69, 9.17) is 5.73 Å². The van der Waals surface area contributed by atoms with Crippen molar-refractivity contribution in [2.75, 3.05) is 13.1 Å². The first-order valence-corrected chi connectivity index (χ1v) is 5.35. The third-order valence-corrected chi connectivity index (χ3v) is 2.74. The first-order chi connectivity index (χ1) is 6.68. The summed E-state index contributed by atoms with van der Waals surface area (Å²) < 4.78 is 0. The SMILES string of the molecule is NC(=O)CCNCC1CCCC(O)C1. The van der Waals surface area contributed by atoms with Gasteiger partial charge < -0.3 is 16.2 Å². The lowest BCUT2D eigenvalue weighted by Crippen LogP contribution is -2.31. The Morgan fingerprint density at radius 2 is 2.29 bits per heavy atom. The van der Waals surface area contributed by atoms with Gasteiger partial charge in [-0.1, -0.05) is 6.42 Å². The average molecular weight is 200 g/mol. The van der Waals surface area contributed by atoms with Gasteiger partial charge in [-0.15, -0.1) is 0 Å². The number of nitrogens with one attached hydrogen (secondary N) is 1. The van der Waals surface area contributed by atoms with E-state index in [-0.39, 0.29) is 12.0 Å². The summed E-state index contributed by atoms with van der Waals surface area (Å²) in [5.74, 6) is 0.299. The molecule has 4 nitrogen and oxygen atoms in total. The largest absolute Gasteiger partial charge is 0.393 e. The molecule has 82 valence electrons. The van der Waals surface area contributed by atoms with Crippen LogP contribution in [0.1, 0.15) is 32.1 Å². The summed E-state index contributed by atoms with van der Waals surface area (Å²) in [6, 6.07) is 0. The smallest absolute Gasteiger partial charge is 0.218 e. The van der Waals surface area contributed by atoms with Crippen LogP contribution < -0.4 is 11.1 Å². The van der Waals surface area contributed by atoms with E-state index in [2.05, 4.69) is 5.32 Å². The van der Waals surface area contributed by atoms with Crippen LogP contribution in [0.3, 0.4) is 0 Å². The molecule has 0 saturated heterocycles. The maximum Gasteiger partial charge on any atom is 0.218 e. The van der Waals surface area contributed by atoms with Crippen molar-refractivity contribution in [1.29, 1.82) is 0 Å².